The van der Waals surface area contributed by atoms with E-state index in [4.69, 9.17) is 14.2 Å². The van der Waals surface area contributed by atoms with E-state index in [9.17, 15) is 19.2 Å². The van der Waals surface area contributed by atoms with Gasteiger partial charge in [-0.15, -0.1) is 0 Å². The molecular formula is C24H24N2O7S. The van der Waals surface area contributed by atoms with Gasteiger partial charge in [0.1, 0.15) is 25.0 Å². The molecule has 9 nitrogen and oxygen atoms in total. The number of ether oxygens (including phenoxy) is 3. The van der Waals surface area contributed by atoms with Gasteiger partial charge in [0, 0.05) is 6.42 Å². The van der Waals surface area contributed by atoms with E-state index < -0.39 is 53.6 Å². The third-order valence-electron chi connectivity index (χ3n) is 5.76. The maximum Gasteiger partial charge on any atom is 0.338 e. The average molecular weight is 485 g/mol. The highest BCUT2D eigenvalue weighted by molar-refractivity contribution is 7.81. The number of rotatable bonds is 6. The lowest BCUT2D eigenvalue weighted by Gasteiger charge is -2.39. The van der Waals surface area contributed by atoms with Crippen LogP contribution in [0.25, 0.3) is 0 Å². The number of thiol groups is 1. The second-order valence-electron chi connectivity index (χ2n) is 8.04. The summed E-state index contributed by atoms with van der Waals surface area (Å²) < 4.78 is 17.1. The van der Waals surface area contributed by atoms with E-state index in [1.807, 2.05) is 0 Å². The molecule has 2 aliphatic rings. The van der Waals surface area contributed by atoms with Gasteiger partial charge in [0.15, 0.2) is 0 Å². The first kappa shape index (κ1) is 23.8. The van der Waals surface area contributed by atoms with Crippen LogP contribution in [-0.4, -0.2) is 59.2 Å². The van der Waals surface area contributed by atoms with E-state index in [1.54, 1.807) is 67.6 Å². The van der Waals surface area contributed by atoms with Gasteiger partial charge in [-0.2, -0.15) is 12.6 Å². The number of amides is 3. The van der Waals surface area contributed by atoms with Crippen molar-refractivity contribution in [3.8, 4) is 0 Å². The predicted octanol–water partition coefficient (Wildman–Crippen LogP) is 2.63. The van der Waals surface area contributed by atoms with E-state index in [-0.39, 0.29) is 13.0 Å². The van der Waals surface area contributed by atoms with Crippen molar-refractivity contribution in [2.45, 2.75) is 37.2 Å². The van der Waals surface area contributed by atoms with Crippen LogP contribution in [0.15, 0.2) is 60.7 Å². The maximum atomic E-state index is 12.7. The van der Waals surface area contributed by atoms with Crippen molar-refractivity contribution in [3.63, 3.8) is 0 Å². The van der Waals surface area contributed by atoms with Crippen LogP contribution >= 0.6 is 12.6 Å². The summed E-state index contributed by atoms with van der Waals surface area (Å²) in [5.41, 5.74) is 0.723. The van der Waals surface area contributed by atoms with E-state index in [0.717, 1.165) is 0 Å². The minimum atomic E-state index is -0.841. The minimum absolute atomic E-state index is 0.123. The van der Waals surface area contributed by atoms with Crippen LogP contribution in [0, 0.1) is 5.92 Å². The number of nitrogens with zero attached hydrogens (tertiary/aromatic N) is 1. The van der Waals surface area contributed by atoms with Gasteiger partial charge in [-0.05, 0) is 24.3 Å². The van der Waals surface area contributed by atoms with E-state index in [0.29, 0.717) is 11.1 Å². The summed E-state index contributed by atoms with van der Waals surface area (Å²) in [7, 11) is 0. The molecule has 0 spiro atoms. The number of nitrogens with one attached hydrogen (secondary N) is 1. The van der Waals surface area contributed by atoms with Crippen LogP contribution in [0.5, 0.6) is 0 Å². The first-order chi connectivity index (χ1) is 16.3. The van der Waals surface area contributed by atoms with Gasteiger partial charge >= 0.3 is 18.0 Å². The monoisotopic (exact) mass is 484 g/mol. The summed E-state index contributed by atoms with van der Waals surface area (Å²) in [4.78, 5) is 50.9. The molecule has 4 rings (SSSR count). The summed E-state index contributed by atoms with van der Waals surface area (Å²) in [5, 5.41) is 1.55. The number of carbonyl (C=O) groups is 4. The Bertz CT molecular complexity index is 1070. The molecular weight excluding hydrogens is 460 g/mol. The summed E-state index contributed by atoms with van der Waals surface area (Å²) in [6.45, 7) is 1.45. The highest BCUT2D eigenvalue weighted by Crippen LogP contribution is 2.32. The van der Waals surface area contributed by atoms with Gasteiger partial charge in [-0.25, -0.2) is 14.4 Å². The molecule has 178 valence electrons. The molecule has 0 unspecified atom stereocenters. The largest absolute Gasteiger partial charge is 0.459 e. The van der Waals surface area contributed by atoms with Crippen molar-refractivity contribution in [2.75, 3.05) is 6.61 Å². The highest BCUT2D eigenvalue weighted by Gasteiger charge is 2.48. The van der Waals surface area contributed by atoms with Crippen molar-refractivity contribution in [1.82, 2.24) is 10.2 Å². The van der Waals surface area contributed by atoms with Gasteiger partial charge in [-0.1, -0.05) is 43.3 Å². The number of hydrogen-bond acceptors (Lipinski definition) is 8. The lowest BCUT2D eigenvalue weighted by molar-refractivity contribution is -0.129. The van der Waals surface area contributed by atoms with Crippen molar-refractivity contribution in [2.24, 2.45) is 5.92 Å². The molecule has 0 aliphatic carbocycles. The number of urea groups is 1. The molecule has 2 heterocycles. The molecule has 2 aromatic rings. The van der Waals surface area contributed by atoms with Crippen LogP contribution in [0.4, 0.5) is 4.79 Å². The number of carbonyl (C=O) groups excluding carboxylic acids is 4. The standard InChI is InChI=1S/C24H24N2O7S/c1-14-20(27)25-24(30)26(21(14)34)19-12-17(33-23(29)16-10-6-3-7-11-16)18(32-19)13-31-22(28)15-8-4-2-5-9-15/h2-11,14,17-19,21,34H,12-13H2,1H3,(H,25,27,30)/t14-,17-,18+,19+,21+/m0/s1. The summed E-state index contributed by atoms with van der Waals surface area (Å²) >= 11 is 4.43. The Hall–Kier alpha value is -3.37. The van der Waals surface area contributed by atoms with Crippen LogP contribution in [0.2, 0.25) is 0 Å². The second-order valence-corrected chi connectivity index (χ2v) is 8.57. The lowest BCUT2D eigenvalue weighted by Crippen LogP contribution is -2.60. The van der Waals surface area contributed by atoms with E-state index >= 15 is 0 Å². The van der Waals surface area contributed by atoms with Crippen molar-refractivity contribution in [3.05, 3.63) is 71.8 Å². The normalized spacial score (nSPS) is 26.6. The van der Waals surface area contributed by atoms with Crippen molar-refractivity contribution < 1.29 is 33.4 Å². The lowest BCUT2D eigenvalue weighted by atomic mass is 10.1. The molecule has 1 N–H and O–H groups in total. The van der Waals surface area contributed by atoms with Gasteiger partial charge in [-0.3, -0.25) is 15.0 Å². The SMILES string of the molecule is C[C@H]1C(=O)NC(=O)N([C@H]2C[C@H](OC(=O)c3ccccc3)[C@@H](COC(=O)c3ccccc3)O2)[C@@H]1S. The average Bonchev–Trinajstić information content (AvgIpc) is 3.24. The molecule has 0 bridgehead atoms. The molecule has 10 heteroatoms. The van der Waals surface area contributed by atoms with Gasteiger partial charge in [0.25, 0.3) is 0 Å². The number of benzene rings is 2. The molecule has 2 fully saturated rings. The summed E-state index contributed by atoms with van der Waals surface area (Å²) in [6.07, 6.45) is -2.35. The van der Waals surface area contributed by atoms with Crippen molar-refractivity contribution >= 4 is 36.5 Å². The molecule has 5 atom stereocenters. The van der Waals surface area contributed by atoms with Crippen LogP contribution in [0.3, 0.4) is 0 Å². The minimum Gasteiger partial charge on any atom is -0.459 e. The Kier molecular flexibility index (Phi) is 7.18. The number of esters is 2. The Morgan fingerprint density at radius 1 is 1.03 bits per heavy atom. The maximum absolute atomic E-state index is 12.7. The number of imide groups is 1. The Labute approximate surface area is 201 Å². The fourth-order valence-corrected chi connectivity index (χ4v) is 4.21. The molecule has 0 radical (unpaired) electrons. The third kappa shape index (κ3) is 5.07. The zero-order chi connectivity index (χ0) is 24.2. The van der Waals surface area contributed by atoms with Gasteiger partial charge in [0.2, 0.25) is 5.91 Å². The fraction of sp³-hybridized carbons (Fsp3) is 0.333. The first-order valence-corrected chi connectivity index (χ1v) is 11.3. The van der Waals surface area contributed by atoms with Crippen LogP contribution < -0.4 is 5.32 Å². The molecule has 2 aliphatic heterocycles. The molecule has 2 aromatic carbocycles. The fourth-order valence-electron chi connectivity index (χ4n) is 3.82. The van der Waals surface area contributed by atoms with E-state index in [2.05, 4.69) is 17.9 Å². The third-order valence-corrected chi connectivity index (χ3v) is 6.45. The molecule has 0 saturated carbocycles. The van der Waals surface area contributed by atoms with Crippen molar-refractivity contribution in [1.29, 1.82) is 0 Å². The molecule has 0 aromatic heterocycles. The topological polar surface area (TPSA) is 111 Å². The quantitative estimate of drug-likeness (QED) is 0.479. The second kappa shape index (κ2) is 10.3. The Morgan fingerprint density at radius 3 is 2.24 bits per heavy atom. The zero-order valence-corrected chi connectivity index (χ0v) is 19.2. The molecule has 3 amide bonds. The summed E-state index contributed by atoms with van der Waals surface area (Å²) in [5.74, 6) is -2.13. The smallest absolute Gasteiger partial charge is 0.338 e. The Balaban J connectivity index is 1.50. The molecule has 2 saturated heterocycles. The van der Waals surface area contributed by atoms with Gasteiger partial charge < -0.3 is 14.2 Å². The van der Waals surface area contributed by atoms with Gasteiger partial charge in [0.05, 0.1) is 22.4 Å². The number of hydrogen-bond donors (Lipinski definition) is 2. The van der Waals surface area contributed by atoms with Crippen LogP contribution in [-0.2, 0) is 19.0 Å². The zero-order valence-electron chi connectivity index (χ0n) is 18.3. The predicted molar refractivity (Wildman–Crippen MR) is 123 cm³/mol. The van der Waals surface area contributed by atoms with Crippen LogP contribution in [0.1, 0.15) is 34.1 Å². The first-order valence-electron chi connectivity index (χ1n) is 10.8. The summed E-state index contributed by atoms with van der Waals surface area (Å²) in [6, 6.07) is 16.3. The Morgan fingerprint density at radius 2 is 1.62 bits per heavy atom. The van der Waals surface area contributed by atoms with E-state index in [1.165, 1.54) is 4.90 Å². The molecule has 34 heavy (non-hydrogen) atoms. The highest BCUT2D eigenvalue weighted by atomic mass is 32.1.